The van der Waals surface area contributed by atoms with Crippen molar-refractivity contribution in [3.8, 4) is 0 Å². The van der Waals surface area contributed by atoms with E-state index in [0.717, 1.165) is 19.3 Å². The number of benzene rings is 1. The summed E-state index contributed by atoms with van der Waals surface area (Å²) in [6.07, 6.45) is 3.65. The first-order valence-corrected chi connectivity index (χ1v) is 19.9. The Morgan fingerprint density at radius 3 is 1.92 bits per heavy atom. The second-order valence-electron chi connectivity index (χ2n) is 17.6. The minimum atomic E-state index is -3.63. The van der Waals surface area contributed by atoms with Crippen molar-refractivity contribution >= 4 is 39.4 Å². The van der Waals surface area contributed by atoms with Gasteiger partial charge >= 0.3 is 6.03 Å². The van der Waals surface area contributed by atoms with E-state index in [9.17, 15) is 32.4 Å². The van der Waals surface area contributed by atoms with Crippen LogP contribution in [0.5, 0.6) is 0 Å². The minimum absolute atomic E-state index is 0.0802. The maximum atomic E-state index is 14.4. The second kappa shape index (κ2) is 17.8. The summed E-state index contributed by atoms with van der Waals surface area (Å²) in [7, 11) is -3.63. The van der Waals surface area contributed by atoms with Gasteiger partial charge in [0.2, 0.25) is 17.6 Å². The van der Waals surface area contributed by atoms with Gasteiger partial charge < -0.3 is 26.6 Å². The number of nitrogens with one attached hydrogen (secondary N) is 3. The number of Topliss-reactive ketones (excluding diaryl/α,β-unsaturated/α-hetero) is 1. The summed E-state index contributed by atoms with van der Waals surface area (Å²) in [6.45, 7) is 19.0. The van der Waals surface area contributed by atoms with Crippen LogP contribution in [0.4, 0.5) is 4.79 Å². The molecule has 0 heterocycles. The maximum absolute atomic E-state index is 14.4. The number of primary amides is 1. The molecule has 5 amide bonds. The van der Waals surface area contributed by atoms with Gasteiger partial charge in [-0.1, -0.05) is 119 Å². The van der Waals surface area contributed by atoms with Gasteiger partial charge in [-0.3, -0.25) is 19.2 Å². The zero-order chi connectivity index (χ0) is 38.9. The van der Waals surface area contributed by atoms with E-state index in [0.29, 0.717) is 18.4 Å². The van der Waals surface area contributed by atoms with Gasteiger partial charge in [-0.25, -0.2) is 13.2 Å². The lowest BCUT2D eigenvalue weighted by molar-refractivity contribution is -0.141. The van der Waals surface area contributed by atoms with E-state index in [1.165, 1.54) is 4.90 Å². The zero-order valence-electron chi connectivity index (χ0n) is 32.4. The third kappa shape index (κ3) is 14.6. The second-order valence-corrected chi connectivity index (χ2v) is 19.7. The van der Waals surface area contributed by atoms with E-state index in [4.69, 9.17) is 5.73 Å². The number of carbonyl (C=O) groups excluding carboxylic acids is 5. The standard InChI is InChI=1S/C38H63N5O7S/c1-25(36(2,3)4)19-20-43(22-30(44)40-28(31(45)33(39)46)21-26-17-14-18-26)34(47)32(38(8,9)10)42-35(48)41-29(37(5,6)7)24-51(49,50)23-27-15-12-11-13-16-27/h11-13,15-16,25-26,28-29,32H,14,17-24H2,1-10H3,(H2,39,46)(H,40,44)(H2,41,42,48)/t25?,28?,29?,32-/m1/s1. The molecule has 1 aromatic rings. The van der Waals surface area contributed by atoms with Crippen LogP contribution in [0.15, 0.2) is 30.3 Å². The normalized spacial score (nSPS) is 16.5. The van der Waals surface area contributed by atoms with Crippen molar-refractivity contribution in [2.24, 2.45) is 33.8 Å². The van der Waals surface area contributed by atoms with Crippen LogP contribution < -0.4 is 21.7 Å². The highest BCUT2D eigenvalue weighted by molar-refractivity contribution is 7.90. The Morgan fingerprint density at radius 2 is 1.45 bits per heavy atom. The van der Waals surface area contributed by atoms with Crippen molar-refractivity contribution < 1.29 is 32.4 Å². The summed E-state index contributed by atoms with van der Waals surface area (Å²) in [4.78, 5) is 67.3. The molecule has 0 bridgehead atoms. The van der Waals surface area contributed by atoms with Gasteiger partial charge in [0.15, 0.2) is 9.84 Å². The molecule has 2 rings (SSSR count). The third-order valence-corrected chi connectivity index (χ3v) is 11.6. The predicted octanol–water partition coefficient (Wildman–Crippen LogP) is 4.36. The fourth-order valence-corrected chi connectivity index (χ4v) is 7.65. The smallest absolute Gasteiger partial charge is 0.315 e. The Balaban J connectivity index is 2.32. The van der Waals surface area contributed by atoms with E-state index in [2.05, 4.69) is 43.6 Å². The van der Waals surface area contributed by atoms with E-state index in [1.54, 1.807) is 45.0 Å². The Kier molecular flexibility index (Phi) is 15.3. The lowest BCUT2D eigenvalue weighted by Gasteiger charge is -2.37. The van der Waals surface area contributed by atoms with Gasteiger partial charge in [0.05, 0.1) is 24.1 Å². The first kappa shape index (κ1) is 43.7. The molecule has 12 nitrogen and oxygen atoms in total. The monoisotopic (exact) mass is 733 g/mol. The maximum Gasteiger partial charge on any atom is 0.315 e. The number of sulfone groups is 1. The van der Waals surface area contributed by atoms with Gasteiger partial charge in [0.25, 0.3) is 5.91 Å². The highest BCUT2D eigenvalue weighted by Crippen LogP contribution is 2.31. The molecule has 0 spiro atoms. The molecule has 1 aromatic carbocycles. The van der Waals surface area contributed by atoms with E-state index < -0.39 is 74.9 Å². The van der Waals surface area contributed by atoms with Crippen molar-refractivity contribution in [2.45, 2.75) is 125 Å². The largest absolute Gasteiger partial charge is 0.363 e. The Hall–Kier alpha value is -3.48. The van der Waals surface area contributed by atoms with Crippen LogP contribution in [0.25, 0.3) is 0 Å². The molecular formula is C38H63N5O7S. The molecule has 51 heavy (non-hydrogen) atoms. The molecule has 0 aromatic heterocycles. The fraction of sp³-hybridized carbons (Fsp3) is 0.711. The molecule has 4 atom stereocenters. The summed E-state index contributed by atoms with van der Waals surface area (Å²) < 4.78 is 26.5. The fourth-order valence-electron chi connectivity index (χ4n) is 5.74. The number of carbonyl (C=O) groups is 5. The number of amides is 5. The van der Waals surface area contributed by atoms with Crippen molar-refractivity contribution in [1.29, 1.82) is 0 Å². The number of nitrogens with zero attached hydrogens (tertiary/aromatic N) is 1. The third-order valence-electron chi connectivity index (χ3n) is 10.0. The molecule has 5 N–H and O–H groups in total. The topological polar surface area (TPSA) is 185 Å². The lowest BCUT2D eigenvalue weighted by atomic mass is 9.80. The average molecular weight is 734 g/mol. The first-order valence-electron chi connectivity index (χ1n) is 18.0. The highest BCUT2D eigenvalue weighted by Gasteiger charge is 2.39. The Labute approximate surface area is 305 Å². The van der Waals surface area contributed by atoms with Gasteiger partial charge in [-0.2, -0.15) is 0 Å². The van der Waals surface area contributed by atoms with Gasteiger partial charge in [-0.05, 0) is 46.5 Å². The van der Waals surface area contributed by atoms with Crippen LogP contribution in [0.2, 0.25) is 0 Å². The number of hydrogen-bond donors (Lipinski definition) is 4. The molecule has 1 aliphatic rings. The number of nitrogens with two attached hydrogens (primary N) is 1. The molecular weight excluding hydrogens is 671 g/mol. The molecule has 1 fully saturated rings. The molecule has 1 saturated carbocycles. The lowest BCUT2D eigenvalue weighted by Crippen LogP contribution is -2.60. The molecule has 13 heteroatoms. The zero-order valence-corrected chi connectivity index (χ0v) is 33.2. The summed E-state index contributed by atoms with van der Waals surface area (Å²) in [5, 5.41) is 8.28. The number of hydrogen-bond acceptors (Lipinski definition) is 7. The van der Waals surface area contributed by atoms with Crippen molar-refractivity contribution in [3.05, 3.63) is 35.9 Å². The summed E-state index contributed by atoms with van der Waals surface area (Å²) >= 11 is 0. The van der Waals surface area contributed by atoms with Crippen LogP contribution in [0, 0.1) is 28.1 Å². The van der Waals surface area contributed by atoms with Crippen molar-refractivity contribution in [1.82, 2.24) is 20.9 Å². The number of rotatable bonds is 17. The number of ketones is 1. The summed E-state index contributed by atoms with van der Waals surface area (Å²) in [5.74, 6) is -3.25. The van der Waals surface area contributed by atoms with Crippen LogP contribution in [-0.2, 0) is 34.8 Å². The minimum Gasteiger partial charge on any atom is -0.363 e. The van der Waals surface area contributed by atoms with Crippen molar-refractivity contribution in [2.75, 3.05) is 18.8 Å². The quantitative estimate of drug-likeness (QED) is 0.171. The number of urea groups is 1. The highest BCUT2D eigenvalue weighted by atomic mass is 32.2. The summed E-state index contributed by atoms with van der Waals surface area (Å²) in [5.41, 5.74) is 4.40. The molecule has 0 aliphatic heterocycles. The molecule has 0 radical (unpaired) electrons. The van der Waals surface area contributed by atoms with Crippen LogP contribution >= 0.6 is 0 Å². The molecule has 288 valence electrons. The van der Waals surface area contributed by atoms with Crippen LogP contribution in [0.1, 0.15) is 107 Å². The van der Waals surface area contributed by atoms with E-state index in [-0.39, 0.29) is 35.3 Å². The van der Waals surface area contributed by atoms with Gasteiger partial charge in [-0.15, -0.1) is 0 Å². The molecule has 0 saturated heterocycles. The predicted molar refractivity (Wildman–Crippen MR) is 200 cm³/mol. The SMILES string of the molecule is CC(CCN(CC(=O)NC(CC1CCC1)C(=O)C(N)=O)C(=O)[C@@H](NC(=O)NC(CS(=O)(=O)Cc1ccccc1)C(C)(C)C)C(C)(C)C)C(C)(C)C. The average Bonchev–Trinajstić information content (AvgIpc) is 2.96. The van der Waals surface area contributed by atoms with Gasteiger partial charge in [0.1, 0.15) is 6.04 Å². The first-order chi connectivity index (χ1) is 23.3. The van der Waals surface area contributed by atoms with Crippen LogP contribution in [-0.4, -0.2) is 79.8 Å². The van der Waals surface area contributed by atoms with E-state index >= 15 is 0 Å². The Bertz CT molecular complexity index is 1470. The van der Waals surface area contributed by atoms with Crippen molar-refractivity contribution in [3.63, 3.8) is 0 Å². The van der Waals surface area contributed by atoms with E-state index in [1.807, 2.05) is 26.8 Å². The van der Waals surface area contributed by atoms with Crippen LogP contribution in [0.3, 0.4) is 0 Å². The molecule has 3 unspecified atom stereocenters. The molecule has 1 aliphatic carbocycles. The Morgan fingerprint density at radius 1 is 0.863 bits per heavy atom. The van der Waals surface area contributed by atoms with Gasteiger partial charge in [0, 0.05) is 12.6 Å². The summed E-state index contributed by atoms with van der Waals surface area (Å²) in [6, 6.07) is 5.15.